The summed E-state index contributed by atoms with van der Waals surface area (Å²) in [6, 6.07) is 1.81. The van der Waals surface area contributed by atoms with Crippen LogP contribution in [0.15, 0.2) is 21.7 Å². The van der Waals surface area contributed by atoms with Gasteiger partial charge in [0.2, 0.25) is 0 Å². The smallest absolute Gasteiger partial charge is 0.173 e. The summed E-state index contributed by atoms with van der Waals surface area (Å²) in [4.78, 5) is 19.4. The first kappa shape index (κ1) is 11.1. The summed E-state index contributed by atoms with van der Waals surface area (Å²) in [7, 11) is 1.57. The minimum Gasteiger partial charge on any atom is -0.494 e. The molecule has 2 heterocycles. The Morgan fingerprint density at radius 1 is 1.56 bits per heavy atom. The van der Waals surface area contributed by atoms with E-state index in [1.165, 1.54) is 0 Å². The summed E-state index contributed by atoms with van der Waals surface area (Å²) in [5.74, 6) is 1.29. The van der Waals surface area contributed by atoms with Gasteiger partial charge in [0.15, 0.2) is 11.6 Å². The normalized spacial score (nSPS) is 15.4. The summed E-state index contributed by atoms with van der Waals surface area (Å²) in [6.45, 7) is 0.489. The van der Waals surface area contributed by atoms with E-state index in [9.17, 15) is 4.79 Å². The minimum absolute atomic E-state index is 0.0693. The van der Waals surface area contributed by atoms with Crippen LogP contribution < -0.4 is 10.1 Å². The molecule has 1 N–H and O–H groups in total. The molecule has 0 amide bonds. The number of amidine groups is 1. The highest BCUT2D eigenvalue weighted by Crippen LogP contribution is 2.21. The quantitative estimate of drug-likeness (QED) is 0.871. The molecule has 0 aromatic carbocycles. The van der Waals surface area contributed by atoms with Crippen LogP contribution in [0.25, 0.3) is 0 Å². The Balaban J connectivity index is 2.36. The van der Waals surface area contributed by atoms with Crippen LogP contribution in [-0.2, 0) is 4.79 Å². The third-order valence-electron chi connectivity index (χ3n) is 2.13. The number of methoxy groups -OCH3 is 1. The van der Waals surface area contributed by atoms with Crippen LogP contribution in [0, 0.1) is 0 Å². The van der Waals surface area contributed by atoms with E-state index in [4.69, 9.17) is 4.74 Å². The lowest BCUT2D eigenvalue weighted by Crippen LogP contribution is -2.37. The number of ketones is 1. The standard InChI is InChI=1S/C10H10BrN3O2/c1-16-8-2-6(11)3-12-9(8)10-13-4-7(15)5-14-10/h2-3H,4-5H2,1H3,(H,13,14). The van der Waals surface area contributed by atoms with Gasteiger partial charge in [0.25, 0.3) is 0 Å². The maximum absolute atomic E-state index is 11.0. The maximum atomic E-state index is 11.0. The second kappa shape index (κ2) is 4.61. The Kier molecular flexibility index (Phi) is 3.19. The van der Waals surface area contributed by atoms with E-state index >= 15 is 0 Å². The lowest BCUT2D eigenvalue weighted by molar-refractivity contribution is -0.116. The van der Waals surface area contributed by atoms with Crippen molar-refractivity contribution in [3.63, 3.8) is 0 Å². The number of Topliss-reactive ketones (excluding diaryl/α,β-unsaturated/α-hetero) is 1. The molecule has 2 rings (SSSR count). The van der Waals surface area contributed by atoms with Crippen LogP contribution in [-0.4, -0.2) is 36.8 Å². The summed E-state index contributed by atoms with van der Waals surface area (Å²) in [5, 5.41) is 2.92. The first-order chi connectivity index (χ1) is 7.70. The zero-order chi connectivity index (χ0) is 11.5. The van der Waals surface area contributed by atoms with E-state index in [-0.39, 0.29) is 12.3 Å². The molecule has 0 aliphatic carbocycles. The van der Waals surface area contributed by atoms with Gasteiger partial charge in [-0.2, -0.15) is 0 Å². The molecule has 0 radical (unpaired) electrons. The number of carbonyl (C=O) groups excluding carboxylic acids is 1. The number of carbonyl (C=O) groups is 1. The van der Waals surface area contributed by atoms with Gasteiger partial charge in [-0.25, -0.2) is 4.98 Å². The number of nitrogens with zero attached hydrogens (tertiary/aromatic N) is 2. The first-order valence-corrected chi connectivity index (χ1v) is 5.50. The van der Waals surface area contributed by atoms with Crippen LogP contribution in [0.5, 0.6) is 5.75 Å². The first-order valence-electron chi connectivity index (χ1n) is 4.70. The molecule has 1 aliphatic rings. The zero-order valence-corrected chi connectivity index (χ0v) is 10.2. The van der Waals surface area contributed by atoms with Gasteiger partial charge < -0.3 is 10.1 Å². The molecule has 1 aromatic rings. The zero-order valence-electron chi connectivity index (χ0n) is 8.66. The van der Waals surface area contributed by atoms with Gasteiger partial charge >= 0.3 is 0 Å². The van der Waals surface area contributed by atoms with Gasteiger partial charge in [0.1, 0.15) is 18.0 Å². The Morgan fingerprint density at radius 3 is 3.00 bits per heavy atom. The predicted octanol–water partition coefficient (Wildman–Crippen LogP) is 0.772. The molecule has 1 aliphatic heterocycles. The number of pyridine rings is 1. The van der Waals surface area contributed by atoms with E-state index in [2.05, 4.69) is 31.2 Å². The molecule has 6 heteroatoms. The topological polar surface area (TPSA) is 63.6 Å². The molecule has 5 nitrogen and oxygen atoms in total. The van der Waals surface area contributed by atoms with Crippen LogP contribution in [0.4, 0.5) is 0 Å². The van der Waals surface area contributed by atoms with Crippen molar-refractivity contribution in [2.24, 2.45) is 4.99 Å². The fraction of sp³-hybridized carbons (Fsp3) is 0.300. The van der Waals surface area contributed by atoms with Gasteiger partial charge in [-0.15, -0.1) is 0 Å². The second-order valence-corrected chi connectivity index (χ2v) is 4.18. The summed E-state index contributed by atoms with van der Waals surface area (Å²) >= 11 is 3.31. The van der Waals surface area contributed by atoms with Crippen molar-refractivity contribution in [3.8, 4) is 5.75 Å². The minimum atomic E-state index is 0.0693. The Bertz CT molecular complexity index is 459. The summed E-state index contributed by atoms with van der Waals surface area (Å²) in [5.41, 5.74) is 0.623. The molecule has 16 heavy (non-hydrogen) atoms. The molecule has 0 saturated carbocycles. The highest BCUT2D eigenvalue weighted by molar-refractivity contribution is 9.10. The molecular weight excluding hydrogens is 274 g/mol. The third kappa shape index (κ3) is 2.21. The summed E-state index contributed by atoms with van der Waals surface area (Å²) < 4.78 is 6.04. The number of aromatic nitrogens is 1. The van der Waals surface area contributed by atoms with E-state index < -0.39 is 0 Å². The molecular formula is C10H10BrN3O2. The number of halogens is 1. The van der Waals surface area contributed by atoms with E-state index in [0.29, 0.717) is 23.8 Å². The monoisotopic (exact) mass is 283 g/mol. The van der Waals surface area contributed by atoms with Gasteiger partial charge in [0.05, 0.1) is 13.7 Å². The second-order valence-electron chi connectivity index (χ2n) is 3.26. The number of hydrogen-bond donors (Lipinski definition) is 1. The van der Waals surface area contributed by atoms with E-state index in [1.54, 1.807) is 13.3 Å². The maximum Gasteiger partial charge on any atom is 0.173 e. The lowest BCUT2D eigenvalue weighted by Gasteiger charge is -2.15. The highest BCUT2D eigenvalue weighted by Gasteiger charge is 2.17. The fourth-order valence-corrected chi connectivity index (χ4v) is 1.68. The van der Waals surface area contributed by atoms with Gasteiger partial charge in [-0.1, -0.05) is 0 Å². The van der Waals surface area contributed by atoms with Crippen molar-refractivity contribution in [1.82, 2.24) is 10.3 Å². The van der Waals surface area contributed by atoms with Gasteiger partial charge in [0, 0.05) is 10.7 Å². The number of rotatable bonds is 2. The Morgan fingerprint density at radius 2 is 2.38 bits per heavy atom. The van der Waals surface area contributed by atoms with Crippen LogP contribution >= 0.6 is 15.9 Å². The number of aliphatic imine (C=N–C) groups is 1. The van der Waals surface area contributed by atoms with Crippen molar-refractivity contribution < 1.29 is 9.53 Å². The fourth-order valence-electron chi connectivity index (χ4n) is 1.37. The highest BCUT2D eigenvalue weighted by atomic mass is 79.9. The largest absolute Gasteiger partial charge is 0.494 e. The molecule has 1 aromatic heterocycles. The van der Waals surface area contributed by atoms with E-state index in [0.717, 1.165) is 4.47 Å². The third-order valence-corrected chi connectivity index (χ3v) is 2.56. The molecule has 84 valence electrons. The number of ether oxygens (including phenoxy) is 1. The SMILES string of the molecule is COc1cc(Br)cnc1C1=NCC(=O)CN1. The van der Waals surface area contributed by atoms with Crippen molar-refractivity contribution in [1.29, 1.82) is 0 Å². The molecule has 0 atom stereocenters. The van der Waals surface area contributed by atoms with Crippen LogP contribution in [0.1, 0.15) is 5.69 Å². The molecule has 0 bridgehead atoms. The predicted molar refractivity (Wildman–Crippen MR) is 62.9 cm³/mol. The molecule has 0 unspecified atom stereocenters. The van der Waals surface area contributed by atoms with Crippen molar-refractivity contribution in [3.05, 3.63) is 22.4 Å². The Hall–Kier alpha value is -1.43. The van der Waals surface area contributed by atoms with Gasteiger partial charge in [-0.05, 0) is 22.0 Å². The number of hydrogen-bond acceptors (Lipinski definition) is 5. The Labute approximate surface area is 101 Å². The summed E-state index contributed by atoms with van der Waals surface area (Å²) in [6.07, 6.45) is 1.67. The van der Waals surface area contributed by atoms with Gasteiger partial charge in [-0.3, -0.25) is 9.79 Å². The van der Waals surface area contributed by atoms with Crippen molar-refractivity contribution in [2.75, 3.05) is 20.2 Å². The number of nitrogens with one attached hydrogen (secondary N) is 1. The van der Waals surface area contributed by atoms with Crippen molar-refractivity contribution in [2.45, 2.75) is 0 Å². The molecule has 0 saturated heterocycles. The van der Waals surface area contributed by atoms with Crippen LogP contribution in [0.2, 0.25) is 0 Å². The van der Waals surface area contributed by atoms with Crippen LogP contribution in [0.3, 0.4) is 0 Å². The van der Waals surface area contributed by atoms with E-state index in [1.807, 2.05) is 6.07 Å². The average molecular weight is 284 g/mol. The average Bonchev–Trinajstić information content (AvgIpc) is 2.30. The lowest BCUT2D eigenvalue weighted by atomic mass is 10.2. The van der Waals surface area contributed by atoms with Crippen molar-refractivity contribution >= 4 is 27.5 Å². The molecule has 0 spiro atoms. The molecule has 0 fully saturated rings.